The molecule has 0 aliphatic heterocycles. The van der Waals surface area contributed by atoms with E-state index in [-0.39, 0.29) is 0 Å². The predicted octanol–water partition coefficient (Wildman–Crippen LogP) is 2.41. The van der Waals surface area contributed by atoms with E-state index in [1.54, 1.807) is 41.1 Å². The van der Waals surface area contributed by atoms with Crippen LogP contribution in [0.4, 0.5) is 0 Å². The van der Waals surface area contributed by atoms with Gasteiger partial charge in [0.1, 0.15) is 0 Å². The van der Waals surface area contributed by atoms with Gasteiger partial charge in [0.15, 0.2) is 8.68 Å². The van der Waals surface area contributed by atoms with Gasteiger partial charge in [-0.25, -0.2) is 0 Å². The predicted molar refractivity (Wildman–Crippen MR) is 73.4 cm³/mol. The average Bonchev–Trinajstić information content (AvgIpc) is 2.84. The van der Waals surface area contributed by atoms with Gasteiger partial charge in [0, 0.05) is 18.5 Å². The fourth-order valence-corrected chi connectivity index (χ4v) is 3.59. The van der Waals surface area contributed by atoms with Gasteiger partial charge in [-0.1, -0.05) is 34.9 Å². The van der Waals surface area contributed by atoms with Crippen LogP contribution in [-0.2, 0) is 12.3 Å². The van der Waals surface area contributed by atoms with Crippen molar-refractivity contribution >= 4 is 34.9 Å². The fraction of sp³-hybridized carbons (Fsp3) is 0.300. The van der Waals surface area contributed by atoms with Crippen LogP contribution in [-0.4, -0.2) is 21.4 Å². The van der Waals surface area contributed by atoms with E-state index in [4.69, 9.17) is 5.73 Å². The van der Waals surface area contributed by atoms with Crippen LogP contribution in [0.15, 0.2) is 27.0 Å². The number of pyridine rings is 1. The molecule has 2 aromatic heterocycles. The maximum atomic E-state index is 5.55. The van der Waals surface area contributed by atoms with E-state index in [1.165, 1.54) is 5.56 Å². The highest BCUT2D eigenvalue weighted by Crippen LogP contribution is 2.29. The van der Waals surface area contributed by atoms with Crippen molar-refractivity contribution in [1.82, 2.24) is 15.2 Å². The number of aromatic nitrogens is 3. The Morgan fingerprint density at radius 1 is 1.35 bits per heavy atom. The van der Waals surface area contributed by atoms with Crippen molar-refractivity contribution in [3.8, 4) is 0 Å². The van der Waals surface area contributed by atoms with Gasteiger partial charge >= 0.3 is 0 Å². The molecule has 0 fully saturated rings. The van der Waals surface area contributed by atoms with Crippen molar-refractivity contribution in [3.63, 3.8) is 0 Å². The Hall–Kier alpha value is -0.630. The smallest absolute Gasteiger partial charge is 0.175 e. The highest BCUT2D eigenvalue weighted by molar-refractivity contribution is 8.02. The Labute approximate surface area is 112 Å². The van der Waals surface area contributed by atoms with Gasteiger partial charge in [0.25, 0.3) is 0 Å². The number of hydrogen-bond acceptors (Lipinski definition) is 7. The number of nitrogens with zero attached hydrogens (tertiary/aromatic N) is 3. The summed E-state index contributed by atoms with van der Waals surface area (Å²) in [4.78, 5) is 4.17. The second kappa shape index (κ2) is 6.34. The van der Waals surface area contributed by atoms with E-state index in [0.717, 1.165) is 20.1 Å². The summed E-state index contributed by atoms with van der Waals surface area (Å²) in [6, 6.07) is 4.03. The second-order valence-corrected chi connectivity index (χ2v) is 6.44. The maximum Gasteiger partial charge on any atom is 0.175 e. The average molecular weight is 284 g/mol. The number of nitrogens with two attached hydrogens (primary N) is 1. The largest absolute Gasteiger partial charge is 0.325 e. The van der Waals surface area contributed by atoms with Gasteiger partial charge < -0.3 is 5.73 Å². The van der Waals surface area contributed by atoms with Gasteiger partial charge in [-0.3, -0.25) is 4.98 Å². The van der Waals surface area contributed by atoms with E-state index in [2.05, 4.69) is 15.2 Å². The third-order valence-corrected chi connectivity index (χ3v) is 5.12. The lowest BCUT2D eigenvalue weighted by atomic mass is 10.2. The lowest BCUT2D eigenvalue weighted by Gasteiger charge is -2.00. The normalized spacial score (nSPS) is 10.7. The number of thioether (sulfide) groups is 2. The maximum absolute atomic E-state index is 5.55. The monoisotopic (exact) mass is 284 g/mol. The number of hydrogen-bond donors (Lipinski definition) is 1. The highest BCUT2D eigenvalue weighted by atomic mass is 32.2. The van der Waals surface area contributed by atoms with Crippen molar-refractivity contribution in [3.05, 3.63) is 29.6 Å². The summed E-state index contributed by atoms with van der Waals surface area (Å²) < 4.78 is 2.00. The molecular formula is C10H12N4S3. The minimum atomic E-state index is 0.480. The first kappa shape index (κ1) is 12.8. The summed E-state index contributed by atoms with van der Waals surface area (Å²) in [6.07, 6.45) is 3.80. The molecule has 0 saturated heterocycles. The van der Waals surface area contributed by atoms with Crippen LogP contribution in [0.1, 0.15) is 11.3 Å². The molecule has 2 aromatic rings. The zero-order valence-electron chi connectivity index (χ0n) is 9.29. The molecule has 0 radical (unpaired) electrons. The minimum absolute atomic E-state index is 0.480. The summed E-state index contributed by atoms with van der Waals surface area (Å²) in [5, 5.41) is 8.17. The molecule has 0 spiro atoms. The summed E-state index contributed by atoms with van der Waals surface area (Å²) in [5.74, 6) is 0.874. The molecule has 0 unspecified atom stereocenters. The summed E-state index contributed by atoms with van der Waals surface area (Å²) >= 11 is 4.94. The van der Waals surface area contributed by atoms with Gasteiger partial charge in [-0.2, -0.15) is 0 Å². The fourth-order valence-electron chi connectivity index (χ4n) is 1.21. The van der Waals surface area contributed by atoms with Crippen molar-refractivity contribution in [2.75, 3.05) is 6.26 Å². The second-order valence-electron chi connectivity index (χ2n) is 3.19. The summed E-state index contributed by atoms with van der Waals surface area (Å²) in [6.45, 7) is 0.480. The lowest BCUT2D eigenvalue weighted by Crippen LogP contribution is -1.99. The van der Waals surface area contributed by atoms with E-state index < -0.39 is 0 Å². The molecule has 0 aliphatic carbocycles. The molecule has 17 heavy (non-hydrogen) atoms. The van der Waals surface area contributed by atoms with Crippen molar-refractivity contribution in [2.24, 2.45) is 5.73 Å². The standard InChI is InChI=1S/C10H12N4S3/c1-15-9-13-14-10(17-9)16-6-7-2-3-12-8(4-7)5-11/h2-4H,5-6,11H2,1H3. The van der Waals surface area contributed by atoms with Crippen LogP contribution in [0.25, 0.3) is 0 Å². The van der Waals surface area contributed by atoms with Gasteiger partial charge in [0.05, 0.1) is 5.69 Å². The lowest BCUT2D eigenvalue weighted by molar-refractivity contribution is 0.955. The van der Waals surface area contributed by atoms with Gasteiger partial charge in [-0.05, 0) is 24.0 Å². The quantitative estimate of drug-likeness (QED) is 0.851. The third kappa shape index (κ3) is 3.67. The molecule has 0 bridgehead atoms. The molecule has 0 aromatic carbocycles. The first-order valence-electron chi connectivity index (χ1n) is 4.96. The van der Waals surface area contributed by atoms with Crippen molar-refractivity contribution < 1.29 is 0 Å². The molecule has 4 nitrogen and oxygen atoms in total. The minimum Gasteiger partial charge on any atom is -0.325 e. The molecule has 90 valence electrons. The molecule has 2 heterocycles. The Bertz CT molecular complexity index is 486. The first-order valence-corrected chi connectivity index (χ1v) is 7.98. The molecule has 7 heteroatoms. The first-order chi connectivity index (χ1) is 8.31. The van der Waals surface area contributed by atoms with Crippen LogP contribution < -0.4 is 5.73 Å². The molecular weight excluding hydrogens is 272 g/mol. The Balaban J connectivity index is 1.96. The van der Waals surface area contributed by atoms with E-state index in [0.29, 0.717) is 6.54 Å². The van der Waals surface area contributed by atoms with Crippen molar-refractivity contribution in [1.29, 1.82) is 0 Å². The molecule has 0 aliphatic rings. The Morgan fingerprint density at radius 2 is 2.18 bits per heavy atom. The summed E-state index contributed by atoms with van der Waals surface area (Å²) in [7, 11) is 0. The van der Waals surface area contributed by atoms with Crippen molar-refractivity contribution in [2.45, 2.75) is 21.0 Å². The van der Waals surface area contributed by atoms with E-state index in [1.807, 2.05) is 18.4 Å². The molecule has 0 atom stereocenters. The van der Waals surface area contributed by atoms with Gasteiger partial charge in [0.2, 0.25) is 0 Å². The van der Waals surface area contributed by atoms with Crippen LogP contribution in [0.2, 0.25) is 0 Å². The van der Waals surface area contributed by atoms with Crippen LogP contribution in [0, 0.1) is 0 Å². The molecule has 0 saturated carbocycles. The zero-order valence-corrected chi connectivity index (χ0v) is 11.7. The molecule has 0 amide bonds. The van der Waals surface area contributed by atoms with Crippen LogP contribution >= 0.6 is 34.9 Å². The summed E-state index contributed by atoms with van der Waals surface area (Å²) in [5.41, 5.74) is 7.69. The van der Waals surface area contributed by atoms with Crippen LogP contribution in [0.3, 0.4) is 0 Å². The highest BCUT2D eigenvalue weighted by Gasteiger charge is 2.04. The van der Waals surface area contributed by atoms with Crippen LogP contribution in [0.5, 0.6) is 0 Å². The SMILES string of the molecule is CSc1nnc(SCc2ccnc(CN)c2)s1. The topological polar surface area (TPSA) is 64.7 Å². The van der Waals surface area contributed by atoms with E-state index in [9.17, 15) is 0 Å². The van der Waals surface area contributed by atoms with E-state index >= 15 is 0 Å². The van der Waals surface area contributed by atoms with Gasteiger partial charge in [-0.15, -0.1) is 10.2 Å². The molecule has 2 rings (SSSR count). The zero-order chi connectivity index (χ0) is 12.1. The molecule has 2 N–H and O–H groups in total. The Kier molecular flexibility index (Phi) is 4.78. The third-order valence-electron chi connectivity index (χ3n) is 2.01. The number of rotatable bonds is 5. The Morgan fingerprint density at radius 3 is 2.88 bits per heavy atom.